The van der Waals surface area contributed by atoms with Gasteiger partial charge in [0, 0.05) is 5.69 Å². The molecule has 1 aliphatic heterocycles. The Hall–Kier alpha value is -1.59. The molecule has 0 saturated carbocycles. The lowest BCUT2D eigenvalue weighted by atomic mass is 9.89. The highest BCUT2D eigenvalue weighted by Gasteiger charge is 2.20. The normalized spacial score (nSPS) is 17.1. The first-order valence-electron chi connectivity index (χ1n) is 7.21. The minimum absolute atomic E-state index is 0.527. The summed E-state index contributed by atoms with van der Waals surface area (Å²) in [4.78, 5) is 13.1. The molecule has 4 N–H and O–H groups in total. The largest absolute Gasteiger partial charge is 0.465 e. The smallest absolute Gasteiger partial charge is 0.409 e. The van der Waals surface area contributed by atoms with E-state index in [9.17, 15) is 4.79 Å². The SMILES string of the molecule is NCCCN1CCC(c2cccc(NC(=O)O)c2)CC1. The number of nitrogens with zero attached hydrogens (tertiary/aromatic N) is 1. The summed E-state index contributed by atoms with van der Waals surface area (Å²) < 4.78 is 0. The van der Waals surface area contributed by atoms with Crippen molar-refractivity contribution in [3.63, 3.8) is 0 Å². The zero-order valence-corrected chi connectivity index (χ0v) is 11.7. The van der Waals surface area contributed by atoms with E-state index in [1.807, 2.05) is 12.1 Å². The number of rotatable bonds is 5. The van der Waals surface area contributed by atoms with Gasteiger partial charge in [-0.3, -0.25) is 5.32 Å². The Morgan fingerprint density at radius 2 is 2.15 bits per heavy atom. The third kappa shape index (κ3) is 4.21. The molecule has 1 fully saturated rings. The molecular formula is C15H23N3O2. The summed E-state index contributed by atoms with van der Waals surface area (Å²) in [5.41, 5.74) is 7.42. The number of anilines is 1. The third-order valence-corrected chi connectivity index (χ3v) is 3.88. The van der Waals surface area contributed by atoms with Gasteiger partial charge in [0.2, 0.25) is 0 Å². The molecule has 5 nitrogen and oxygen atoms in total. The van der Waals surface area contributed by atoms with Crippen LogP contribution in [-0.4, -0.2) is 42.3 Å². The second-order valence-electron chi connectivity index (χ2n) is 5.31. The highest BCUT2D eigenvalue weighted by molar-refractivity contribution is 5.82. The van der Waals surface area contributed by atoms with Crippen LogP contribution in [0.3, 0.4) is 0 Å². The Balaban J connectivity index is 1.91. The second kappa shape index (κ2) is 7.26. The van der Waals surface area contributed by atoms with Gasteiger partial charge < -0.3 is 15.7 Å². The molecule has 1 aromatic carbocycles. The van der Waals surface area contributed by atoms with Crippen LogP contribution in [-0.2, 0) is 0 Å². The minimum Gasteiger partial charge on any atom is -0.465 e. The fourth-order valence-electron chi connectivity index (χ4n) is 2.80. The molecule has 110 valence electrons. The number of benzene rings is 1. The number of likely N-dealkylation sites (tertiary alicyclic amines) is 1. The summed E-state index contributed by atoms with van der Waals surface area (Å²) in [6, 6.07) is 7.75. The lowest BCUT2D eigenvalue weighted by molar-refractivity contribution is 0.209. The van der Waals surface area contributed by atoms with Crippen LogP contribution < -0.4 is 11.1 Å². The molecule has 0 spiro atoms. The van der Waals surface area contributed by atoms with Crippen molar-refractivity contribution in [1.29, 1.82) is 0 Å². The summed E-state index contributed by atoms with van der Waals surface area (Å²) >= 11 is 0. The molecular weight excluding hydrogens is 254 g/mol. The van der Waals surface area contributed by atoms with Crippen LogP contribution >= 0.6 is 0 Å². The number of hydrogen-bond acceptors (Lipinski definition) is 3. The highest BCUT2D eigenvalue weighted by atomic mass is 16.4. The van der Waals surface area contributed by atoms with E-state index in [2.05, 4.69) is 16.3 Å². The van der Waals surface area contributed by atoms with Crippen molar-refractivity contribution in [2.24, 2.45) is 5.73 Å². The maximum atomic E-state index is 10.7. The topological polar surface area (TPSA) is 78.6 Å². The van der Waals surface area contributed by atoms with Gasteiger partial charge in [-0.05, 0) is 69.1 Å². The van der Waals surface area contributed by atoms with E-state index in [1.54, 1.807) is 6.07 Å². The van der Waals surface area contributed by atoms with Crippen molar-refractivity contribution >= 4 is 11.8 Å². The lowest BCUT2D eigenvalue weighted by Gasteiger charge is -2.32. The molecule has 0 aromatic heterocycles. The first-order valence-corrected chi connectivity index (χ1v) is 7.21. The number of nitrogens with one attached hydrogen (secondary N) is 1. The summed E-state index contributed by atoms with van der Waals surface area (Å²) in [5.74, 6) is 0.527. The van der Waals surface area contributed by atoms with Gasteiger partial charge in [0.15, 0.2) is 0 Å². The van der Waals surface area contributed by atoms with E-state index in [1.165, 1.54) is 5.56 Å². The molecule has 1 heterocycles. The quantitative estimate of drug-likeness (QED) is 0.771. The summed E-state index contributed by atoms with van der Waals surface area (Å²) in [6.07, 6.45) is 2.30. The fourth-order valence-corrected chi connectivity index (χ4v) is 2.80. The van der Waals surface area contributed by atoms with Gasteiger partial charge in [0.25, 0.3) is 0 Å². The summed E-state index contributed by atoms with van der Waals surface area (Å²) in [5, 5.41) is 11.2. The van der Waals surface area contributed by atoms with Crippen molar-refractivity contribution < 1.29 is 9.90 Å². The van der Waals surface area contributed by atoms with Gasteiger partial charge in [-0.2, -0.15) is 0 Å². The summed E-state index contributed by atoms with van der Waals surface area (Å²) in [6.45, 7) is 4.04. The highest BCUT2D eigenvalue weighted by Crippen LogP contribution is 2.29. The third-order valence-electron chi connectivity index (χ3n) is 3.88. The van der Waals surface area contributed by atoms with Gasteiger partial charge >= 0.3 is 6.09 Å². The molecule has 0 bridgehead atoms. The van der Waals surface area contributed by atoms with E-state index in [-0.39, 0.29) is 0 Å². The number of carboxylic acid groups (broad SMARTS) is 1. The Kier molecular flexibility index (Phi) is 5.38. The van der Waals surface area contributed by atoms with Crippen molar-refractivity contribution in [1.82, 2.24) is 4.90 Å². The molecule has 5 heteroatoms. The van der Waals surface area contributed by atoms with Crippen LogP contribution in [0.4, 0.5) is 10.5 Å². The van der Waals surface area contributed by atoms with Gasteiger partial charge in [-0.15, -0.1) is 0 Å². The van der Waals surface area contributed by atoms with Crippen LogP contribution in [0.1, 0.15) is 30.7 Å². The molecule has 0 atom stereocenters. The van der Waals surface area contributed by atoms with E-state index in [0.29, 0.717) is 11.6 Å². The molecule has 0 aliphatic carbocycles. The zero-order valence-electron chi connectivity index (χ0n) is 11.7. The van der Waals surface area contributed by atoms with E-state index in [0.717, 1.165) is 45.4 Å². The molecule has 20 heavy (non-hydrogen) atoms. The van der Waals surface area contributed by atoms with Crippen LogP contribution in [0.2, 0.25) is 0 Å². The first-order chi connectivity index (χ1) is 9.69. The van der Waals surface area contributed by atoms with Crippen LogP contribution in [0, 0.1) is 0 Å². The number of amides is 1. The monoisotopic (exact) mass is 277 g/mol. The van der Waals surface area contributed by atoms with Crippen molar-refractivity contribution in [2.75, 3.05) is 31.5 Å². The first kappa shape index (κ1) is 14.8. The average Bonchev–Trinajstić information content (AvgIpc) is 2.45. The molecule has 1 aliphatic rings. The van der Waals surface area contributed by atoms with Crippen molar-refractivity contribution in [3.8, 4) is 0 Å². The predicted molar refractivity (Wildman–Crippen MR) is 80.2 cm³/mol. The minimum atomic E-state index is -1.02. The van der Waals surface area contributed by atoms with E-state index in [4.69, 9.17) is 10.8 Å². The Morgan fingerprint density at radius 3 is 2.80 bits per heavy atom. The average molecular weight is 277 g/mol. The van der Waals surface area contributed by atoms with E-state index < -0.39 is 6.09 Å². The second-order valence-corrected chi connectivity index (χ2v) is 5.31. The predicted octanol–water partition coefficient (Wildman–Crippen LogP) is 2.30. The Labute approximate surface area is 119 Å². The fraction of sp³-hybridized carbons (Fsp3) is 0.533. The molecule has 1 amide bonds. The van der Waals surface area contributed by atoms with Gasteiger partial charge in [0.1, 0.15) is 0 Å². The number of piperidine rings is 1. The summed E-state index contributed by atoms with van der Waals surface area (Å²) in [7, 11) is 0. The van der Waals surface area contributed by atoms with Crippen LogP contribution in [0.25, 0.3) is 0 Å². The van der Waals surface area contributed by atoms with Gasteiger partial charge in [0.05, 0.1) is 0 Å². The standard InChI is InChI=1S/C15H23N3O2/c16-7-2-8-18-9-5-12(6-10-18)13-3-1-4-14(11-13)17-15(19)20/h1,3-4,11-12,17H,2,5-10,16H2,(H,19,20). The van der Waals surface area contributed by atoms with Gasteiger partial charge in [-0.1, -0.05) is 12.1 Å². The number of hydrogen-bond donors (Lipinski definition) is 3. The molecule has 1 aromatic rings. The van der Waals surface area contributed by atoms with Crippen LogP contribution in [0.15, 0.2) is 24.3 Å². The number of nitrogens with two attached hydrogens (primary N) is 1. The molecule has 1 saturated heterocycles. The van der Waals surface area contributed by atoms with Crippen LogP contribution in [0.5, 0.6) is 0 Å². The Bertz CT molecular complexity index is 442. The zero-order chi connectivity index (χ0) is 14.4. The van der Waals surface area contributed by atoms with Gasteiger partial charge in [-0.25, -0.2) is 4.79 Å². The Morgan fingerprint density at radius 1 is 1.40 bits per heavy atom. The maximum Gasteiger partial charge on any atom is 0.409 e. The molecule has 2 rings (SSSR count). The lowest BCUT2D eigenvalue weighted by Crippen LogP contribution is -2.34. The van der Waals surface area contributed by atoms with Crippen molar-refractivity contribution in [2.45, 2.75) is 25.2 Å². The maximum absolute atomic E-state index is 10.7. The molecule has 0 unspecified atom stereocenters. The number of carbonyl (C=O) groups is 1. The molecule has 0 radical (unpaired) electrons. The van der Waals surface area contributed by atoms with E-state index >= 15 is 0 Å². The van der Waals surface area contributed by atoms with Crippen molar-refractivity contribution in [3.05, 3.63) is 29.8 Å².